The van der Waals surface area contributed by atoms with Crippen LogP contribution in [-0.4, -0.2) is 23.5 Å². The number of hydrogen-bond donors (Lipinski definition) is 0. The van der Waals surface area contributed by atoms with Crippen LogP contribution >= 0.6 is 0 Å². The van der Waals surface area contributed by atoms with Crippen molar-refractivity contribution < 1.29 is 0 Å². The van der Waals surface area contributed by atoms with Crippen LogP contribution in [0.4, 0.5) is 0 Å². The highest BCUT2D eigenvalue weighted by Crippen LogP contribution is 2.26. The zero-order valence-electron chi connectivity index (χ0n) is 9.71. The Morgan fingerprint density at radius 3 is 2.29 bits per heavy atom. The highest BCUT2D eigenvalue weighted by molar-refractivity contribution is 5.06. The summed E-state index contributed by atoms with van der Waals surface area (Å²) in [6.45, 7) is 8.70. The van der Waals surface area contributed by atoms with Crippen molar-refractivity contribution >= 4 is 0 Å². The third kappa shape index (κ3) is 2.72. The van der Waals surface area contributed by atoms with Gasteiger partial charge in [0.15, 0.2) is 0 Å². The molecule has 1 fully saturated rings. The molecule has 1 atom stereocenters. The third-order valence-corrected chi connectivity index (χ3v) is 3.10. The molecule has 0 spiro atoms. The largest absolute Gasteiger partial charge is 0.286 e. The minimum Gasteiger partial charge on any atom is -0.286 e. The molecule has 1 saturated heterocycles. The standard InChI is InChI=1S/C12H22N2/c1-11(2)9-12(3,10-13)14-7-5-4-6-8-14/h11H,4-9H2,1-3H3. The molecular formula is C12H22N2. The number of likely N-dealkylation sites (tertiary alicyclic amines) is 1. The van der Waals surface area contributed by atoms with Crippen molar-refractivity contribution in [3.63, 3.8) is 0 Å². The predicted molar refractivity (Wildman–Crippen MR) is 58.9 cm³/mol. The summed E-state index contributed by atoms with van der Waals surface area (Å²) in [5, 5.41) is 9.29. The first-order valence-corrected chi connectivity index (χ1v) is 5.75. The lowest BCUT2D eigenvalue weighted by Crippen LogP contribution is -2.48. The van der Waals surface area contributed by atoms with Gasteiger partial charge in [0.25, 0.3) is 0 Å². The van der Waals surface area contributed by atoms with E-state index in [4.69, 9.17) is 0 Å². The van der Waals surface area contributed by atoms with Crippen LogP contribution in [0.15, 0.2) is 0 Å². The molecule has 0 bridgehead atoms. The Morgan fingerprint density at radius 2 is 1.86 bits per heavy atom. The number of nitriles is 1. The fourth-order valence-electron chi connectivity index (χ4n) is 2.43. The minimum absolute atomic E-state index is 0.228. The van der Waals surface area contributed by atoms with E-state index in [1.807, 2.05) is 0 Å². The maximum atomic E-state index is 9.29. The van der Waals surface area contributed by atoms with E-state index in [1.165, 1.54) is 19.3 Å². The first-order chi connectivity index (χ1) is 6.58. The topological polar surface area (TPSA) is 27.0 Å². The smallest absolute Gasteiger partial charge is 0.106 e. The van der Waals surface area contributed by atoms with E-state index >= 15 is 0 Å². The first-order valence-electron chi connectivity index (χ1n) is 5.75. The van der Waals surface area contributed by atoms with Gasteiger partial charge in [-0.05, 0) is 45.2 Å². The van der Waals surface area contributed by atoms with E-state index < -0.39 is 0 Å². The summed E-state index contributed by atoms with van der Waals surface area (Å²) in [5.41, 5.74) is -0.228. The fourth-order valence-corrected chi connectivity index (χ4v) is 2.43. The van der Waals surface area contributed by atoms with E-state index in [-0.39, 0.29) is 5.54 Å². The Balaban J connectivity index is 2.62. The molecule has 0 saturated carbocycles. The normalized spacial score (nSPS) is 23.1. The molecule has 2 nitrogen and oxygen atoms in total. The molecular weight excluding hydrogens is 172 g/mol. The molecule has 80 valence electrons. The lowest BCUT2D eigenvalue weighted by molar-refractivity contribution is 0.106. The van der Waals surface area contributed by atoms with Gasteiger partial charge in [0.1, 0.15) is 5.54 Å². The number of rotatable bonds is 3. The van der Waals surface area contributed by atoms with Crippen molar-refractivity contribution in [3.8, 4) is 6.07 Å². The van der Waals surface area contributed by atoms with Crippen LogP contribution in [0.3, 0.4) is 0 Å². The molecule has 0 aromatic rings. The number of piperidine rings is 1. The van der Waals surface area contributed by atoms with Crippen molar-refractivity contribution in [2.24, 2.45) is 5.92 Å². The predicted octanol–water partition coefficient (Wildman–Crippen LogP) is 2.80. The summed E-state index contributed by atoms with van der Waals surface area (Å²) in [6, 6.07) is 2.51. The molecule has 2 heteroatoms. The van der Waals surface area contributed by atoms with Crippen LogP contribution in [0.25, 0.3) is 0 Å². The second kappa shape index (κ2) is 4.79. The molecule has 14 heavy (non-hydrogen) atoms. The summed E-state index contributed by atoms with van der Waals surface area (Å²) in [6.07, 6.45) is 4.84. The van der Waals surface area contributed by atoms with Crippen molar-refractivity contribution in [3.05, 3.63) is 0 Å². The Hall–Kier alpha value is -0.550. The first kappa shape index (κ1) is 11.5. The summed E-state index contributed by atoms with van der Waals surface area (Å²) >= 11 is 0. The fraction of sp³-hybridized carbons (Fsp3) is 0.917. The maximum absolute atomic E-state index is 9.29. The lowest BCUT2D eigenvalue weighted by atomic mass is 9.89. The second-order valence-electron chi connectivity index (χ2n) is 5.03. The summed E-state index contributed by atoms with van der Waals surface area (Å²) in [5.74, 6) is 0.599. The average molecular weight is 194 g/mol. The molecule has 1 unspecified atom stereocenters. The molecule has 0 radical (unpaired) electrons. The molecule has 1 aliphatic heterocycles. The van der Waals surface area contributed by atoms with Crippen LogP contribution in [0.5, 0.6) is 0 Å². The van der Waals surface area contributed by atoms with Gasteiger partial charge in [-0.25, -0.2) is 0 Å². The Labute approximate surface area is 87.9 Å². The zero-order valence-corrected chi connectivity index (χ0v) is 9.71. The Kier molecular flexibility index (Phi) is 3.95. The van der Waals surface area contributed by atoms with Gasteiger partial charge in [-0.2, -0.15) is 5.26 Å². The summed E-state index contributed by atoms with van der Waals surface area (Å²) < 4.78 is 0. The third-order valence-electron chi connectivity index (χ3n) is 3.10. The molecule has 1 heterocycles. The van der Waals surface area contributed by atoms with E-state index in [1.54, 1.807) is 0 Å². The quantitative estimate of drug-likeness (QED) is 0.690. The van der Waals surface area contributed by atoms with Crippen LogP contribution in [-0.2, 0) is 0 Å². The van der Waals surface area contributed by atoms with Crippen molar-refractivity contribution in [1.82, 2.24) is 4.90 Å². The Bertz CT molecular complexity index is 211. The summed E-state index contributed by atoms with van der Waals surface area (Å²) in [7, 11) is 0. The molecule has 0 aromatic heterocycles. The van der Waals surface area contributed by atoms with Crippen LogP contribution in [0.1, 0.15) is 46.5 Å². The molecule has 0 N–H and O–H groups in total. The molecule has 1 rings (SSSR count). The van der Waals surface area contributed by atoms with Crippen molar-refractivity contribution in [1.29, 1.82) is 5.26 Å². The monoisotopic (exact) mass is 194 g/mol. The SMILES string of the molecule is CC(C)CC(C)(C#N)N1CCCCC1. The minimum atomic E-state index is -0.228. The number of hydrogen-bond acceptors (Lipinski definition) is 2. The molecule has 0 amide bonds. The van der Waals surface area contributed by atoms with Crippen LogP contribution in [0, 0.1) is 17.2 Å². The molecule has 0 aliphatic carbocycles. The van der Waals surface area contributed by atoms with Gasteiger partial charge in [-0.1, -0.05) is 20.3 Å². The van der Waals surface area contributed by atoms with Crippen LogP contribution < -0.4 is 0 Å². The van der Waals surface area contributed by atoms with Gasteiger partial charge in [0.2, 0.25) is 0 Å². The van der Waals surface area contributed by atoms with Crippen molar-refractivity contribution in [2.45, 2.75) is 52.0 Å². The lowest BCUT2D eigenvalue weighted by Gasteiger charge is -2.39. The Morgan fingerprint density at radius 1 is 1.29 bits per heavy atom. The van der Waals surface area contributed by atoms with E-state index in [0.29, 0.717) is 5.92 Å². The maximum Gasteiger partial charge on any atom is 0.106 e. The number of nitrogens with zero attached hydrogens (tertiary/aromatic N) is 2. The van der Waals surface area contributed by atoms with Crippen LogP contribution in [0.2, 0.25) is 0 Å². The zero-order chi connectivity index (χ0) is 10.6. The van der Waals surface area contributed by atoms with E-state index in [0.717, 1.165) is 19.5 Å². The van der Waals surface area contributed by atoms with Gasteiger partial charge in [-0.3, -0.25) is 4.90 Å². The van der Waals surface area contributed by atoms with Gasteiger partial charge < -0.3 is 0 Å². The molecule has 0 aromatic carbocycles. The van der Waals surface area contributed by atoms with E-state index in [2.05, 4.69) is 31.7 Å². The average Bonchev–Trinajstić information content (AvgIpc) is 2.18. The second-order valence-corrected chi connectivity index (χ2v) is 5.03. The van der Waals surface area contributed by atoms with Gasteiger partial charge in [0.05, 0.1) is 6.07 Å². The van der Waals surface area contributed by atoms with Gasteiger partial charge in [0, 0.05) is 0 Å². The van der Waals surface area contributed by atoms with E-state index in [9.17, 15) is 5.26 Å². The highest BCUT2D eigenvalue weighted by atomic mass is 15.2. The highest BCUT2D eigenvalue weighted by Gasteiger charge is 2.33. The summed E-state index contributed by atoms with van der Waals surface area (Å²) in [4.78, 5) is 2.37. The van der Waals surface area contributed by atoms with Gasteiger partial charge >= 0.3 is 0 Å². The van der Waals surface area contributed by atoms with Crippen molar-refractivity contribution in [2.75, 3.05) is 13.1 Å². The molecule has 1 aliphatic rings. The van der Waals surface area contributed by atoms with Gasteiger partial charge in [-0.15, -0.1) is 0 Å².